The van der Waals surface area contributed by atoms with Gasteiger partial charge in [-0.2, -0.15) is 0 Å². The second-order valence-electron chi connectivity index (χ2n) is 8.56. The van der Waals surface area contributed by atoms with Gasteiger partial charge in [-0.25, -0.2) is 14.2 Å². The topological polar surface area (TPSA) is 53.4 Å². The summed E-state index contributed by atoms with van der Waals surface area (Å²) in [6, 6.07) is 21.9. The summed E-state index contributed by atoms with van der Waals surface area (Å²) in [6.07, 6.45) is 0.770. The third-order valence-electron chi connectivity index (χ3n) is 5.95. The number of carbonyl (C=O) groups is 1. The molecule has 0 unspecified atom stereocenters. The van der Waals surface area contributed by atoms with E-state index in [0.29, 0.717) is 24.7 Å². The molecule has 182 valence electrons. The van der Waals surface area contributed by atoms with Gasteiger partial charge in [0.2, 0.25) is 5.95 Å². The van der Waals surface area contributed by atoms with Gasteiger partial charge in [-0.05, 0) is 47.9 Å². The van der Waals surface area contributed by atoms with Crippen molar-refractivity contribution in [1.82, 2.24) is 19.8 Å². The van der Waals surface area contributed by atoms with Crippen LogP contribution in [-0.2, 0) is 13.1 Å². The number of para-hydroxylation sites is 2. The van der Waals surface area contributed by atoms with E-state index in [1.54, 1.807) is 24.1 Å². The van der Waals surface area contributed by atoms with Gasteiger partial charge in [0.05, 0.1) is 17.6 Å². The molecule has 0 aliphatic carbocycles. The largest absolute Gasteiger partial charge is 0.345 e. The second-order valence-corrected chi connectivity index (χ2v) is 8.97. The van der Waals surface area contributed by atoms with Crippen molar-refractivity contribution in [1.29, 1.82) is 0 Å². The molecule has 0 radical (unpaired) electrons. The van der Waals surface area contributed by atoms with Crippen LogP contribution in [0, 0.1) is 5.82 Å². The van der Waals surface area contributed by atoms with E-state index < -0.39 is 0 Å². The lowest BCUT2D eigenvalue weighted by atomic mass is 10.2. The summed E-state index contributed by atoms with van der Waals surface area (Å²) in [5.41, 5.74) is 3.82. The molecule has 1 N–H and O–H groups in total. The first-order valence-electron chi connectivity index (χ1n) is 11.6. The van der Waals surface area contributed by atoms with Crippen molar-refractivity contribution in [2.45, 2.75) is 19.5 Å². The maximum Gasteiger partial charge on any atom is 0.317 e. The third kappa shape index (κ3) is 6.11. The Morgan fingerprint density at radius 2 is 1.71 bits per heavy atom. The molecule has 0 fully saturated rings. The zero-order valence-electron chi connectivity index (χ0n) is 19.9. The molecular formula is C27H29ClFN5O. The average Bonchev–Trinajstić information content (AvgIpc) is 3.23. The molecule has 1 heterocycles. The number of carbonyl (C=O) groups excluding carboxylic acids is 1. The minimum Gasteiger partial charge on any atom is -0.345 e. The molecule has 3 aromatic carbocycles. The molecule has 0 spiro atoms. The number of fused-ring (bicyclic) bond motifs is 1. The van der Waals surface area contributed by atoms with Crippen molar-refractivity contribution >= 4 is 34.6 Å². The first kappa shape index (κ1) is 24.5. The smallest absolute Gasteiger partial charge is 0.317 e. The van der Waals surface area contributed by atoms with E-state index in [-0.39, 0.29) is 11.8 Å². The lowest BCUT2D eigenvalue weighted by Crippen LogP contribution is -2.38. The summed E-state index contributed by atoms with van der Waals surface area (Å²) < 4.78 is 15.5. The molecule has 4 rings (SSSR count). The summed E-state index contributed by atoms with van der Waals surface area (Å²) in [5.74, 6) is 0.586. The first-order chi connectivity index (χ1) is 16.9. The maximum absolute atomic E-state index is 13.4. The summed E-state index contributed by atoms with van der Waals surface area (Å²) in [5, 5.41) is 3.55. The molecule has 0 atom stereocenters. The fourth-order valence-electron chi connectivity index (χ4n) is 3.98. The summed E-state index contributed by atoms with van der Waals surface area (Å²) in [4.78, 5) is 21.1. The molecule has 0 saturated heterocycles. The van der Waals surface area contributed by atoms with E-state index in [1.807, 2.05) is 55.6 Å². The van der Waals surface area contributed by atoms with Crippen molar-refractivity contribution in [3.63, 3.8) is 0 Å². The lowest BCUT2D eigenvalue weighted by Gasteiger charge is -2.23. The summed E-state index contributed by atoms with van der Waals surface area (Å²) in [7, 11) is 3.78. The van der Waals surface area contributed by atoms with E-state index in [9.17, 15) is 9.18 Å². The minimum atomic E-state index is -0.249. The lowest BCUT2D eigenvalue weighted by molar-refractivity contribution is 0.208. The number of anilines is 1. The Morgan fingerprint density at radius 3 is 2.49 bits per heavy atom. The zero-order chi connectivity index (χ0) is 24.8. The number of hydrogen-bond acceptors (Lipinski definition) is 3. The molecular weight excluding hydrogens is 465 g/mol. The van der Waals surface area contributed by atoms with Gasteiger partial charge in [-0.1, -0.05) is 54.1 Å². The maximum atomic E-state index is 13.4. The highest BCUT2D eigenvalue weighted by Crippen LogP contribution is 2.24. The van der Waals surface area contributed by atoms with Gasteiger partial charge in [0.25, 0.3) is 0 Å². The van der Waals surface area contributed by atoms with Gasteiger partial charge in [0.15, 0.2) is 0 Å². The van der Waals surface area contributed by atoms with Gasteiger partial charge in [-0.3, -0.25) is 0 Å². The predicted octanol–water partition coefficient (Wildman–Crippen LogP) is 5.55. The predicted molar refractivity (Wildman–Crippen MR) is 139 cm³/mol. The standard InChI is InChI=1S/C27H29ClFN5O/c1-32(16-7-17-33(2)27(35)30-18-21-8-3-4-9-23(21)28)26-31-24-10-5-6-11-25(24)34(26)19-20-12-14-22(29)15-13-20/h3-6,8-15H,7,16-19H2,1-2H3,(H,30,35). The fourth-order valence-corrected chi connectivity index (χ4v) is 4.18. The third-order valence-corrected chi connectivity index (χ3v) is 6.32. The molecule has 1 aromatic heterocycles. The van der Waals surface area contributed by atoms with Crippen LogP contribution in [0.2, 0.25) is 5.02 Å². The normalized spacial score (nSPS) is 11.0. The van der Waals surface area contributed by atoms with Crippen LogP contribution in [0.25, 0.3) is 11.0 Å². The monoisotopic (exact) mass is 493 g/mol. The second kappa shape index (κ2) is 11.2. The van der Waals surface area contributed by atoms with Gasteiger partial charge in [0.1, 0.15) is 5.82 Å². The highest BCUT2D eigenvalue weighted by Gasteiger charge is 2.16. The van der Waals surface area contributed by atoms with Crippen molar-refractivity contribution in [2.24, 2.45) is 0 Å². The number of urea groups is 1. The number of nitrogens with zero attached hydrogens (tertiary/aromatic N) is 4. The summed E-state index contributed by atoms with van der Waals surface area (Å²) >= 11 is 6.17. The number of rotatable bonds is 9. The Bertz CT molecular complexity index is 1290. The molecule has 8 heteroatoms. The van der Waals surface area contributed by atoms with Crippen LogP contribution < -0.4 is 10.2 Å². The Labute approximate surface area is 209 Å². The fraction of sp³-hybridized carbons (Fsp3) is 0.259. The SMILES string of the molecule is CN(CCCN(C)c1nc2ccccc2n1Cc1ccc(F)cc1)C(=O)NCc1ccccc1Cl. The molecule has 2 amide bonds. The first-order valence-corrected chi connectivity index (χ1v) is 11.9. The van der Waals surface area contributed by atoms with Crippen LogP contribution in [0.4, 0.5) is 15.1 Å². The molecule has 0 bridgehead atoms. The quantitative estimate of drug-likeness (QED) is 0.333. The van der Waals surface area contributed by atoms with Crippen molar-refractivity contribution in [3.8, 4) is 0 Å². The minimum absolute atomic E-state index is 0.142. The Balaban J connectivity index is 1.37. The van der Waals surface area contributed by atoms with Crippen LogP contribution in [0.3, 0.4) is 0 Å². The van der Waals surface area contributed by atoms with E-state index in [1.165, 1.54) is 12.1 Å². The van der Waals surface area contributed by atoms with E-state index >= 15 is 0 Å². The van der Waals surface area contributed by atoms with Crippen LogP contribution >= 0.6 is 11.6 Å². The number of hydrogen-bond donors (Lipinski definition) is 1. The number of aromatic nitrogens is 2. The number of benzene rings is 3. The molecule has 0 aliphatic rings. The van der Waals surface area contributed by atoms with Gasteiger partial charge in [0, 0.05) is 38.8 Å². The van der Waals surface area contributed by atoms with Crippen LogP contribution in [0.5, 0.6) is 0 Å². The van der Waals surface area contributed by atoms with E-state index in [0.717, 1.165) is 41.1 Å². The van der Waals surface area contributed by atoms with Crippen molar-refractivity contribution in [2.75, 3.05) is 32.1 Å². The summed E-state index contributed by atoms with van der Waals surface area (Å²) in [6.45, 7) is 2.28. The zero-order valence-corrected chi connectivity index (χ0v) is 20.7. The average molecular weight is 494 g/mol. The molecule has 4 aromatic rings. The van der Waals surface area contributed by atoms with Gasteiger partial charge in [-0.15, -0.1) is 0 Å². The molecule has 6 nitrogen and oxygen atoms in total. The van der Waals surface area contributed by atoms with Crippen LogP contribution in [0.15, 0.2) is 72.8 Å². The van der Waals surface area contributed by atoms with E-state index in [4.69, 9.17) is 16.6 Å². The van der Waals surface area contributed by atoms with Crippen LogP contribution in [0.1, 0.15) is 17.5 Å². The number of imidazole rings is 1. The van der Waals surface area contributed by atoms with E-state index in [2.05, 4.69) is 14.8 Å². The van der Waals surface area contributed by atoms with Crippen molar-refractivity contribution < 1.29 is 9.18 Å². The highest BCUT2D eigenvalue weighted by molar-refractivity contribution is 6.31. The van der Waals surface area contributed by atoms with Gasteiger partial charge < -0.3 is 19.7 Å². The number of nitrogens with one attached hydrogen (secondary N) is 1. The molecule has 0 aliphatic heterocycles. The molecule has 35 heavy (non-hydrogen) atoms. The van der Waals surface area contributed by atoms with Gasteiger partial charge >= 0.3 is 6.03 Å². The van der Waals surface area contributed by atoms with Crippen molar-refractivity contribution in [3.05, 3.63) is 94.8 Å². The molecule has 0 saturated carbocycles. The Hall–Kier alpha value is -3.58. The Kier molecular flexibility index (Phi) is 7.87. The number of halogens is 2. The van der Waals surface area contributed by atoms with Crippen LogP contribution in [-0.4, -0.2) is 47.7 Å². The number of amides is 2. The highest BCUT2D eigenvalue weighted by atomic mass is 35.5. The Morgan fingerprint density at radius 1 is 1.00 bits per heavy atom.